The molecular formula is C19H28N2O3. The number of aryl methyl sites for hydroxylation is 2. The van der Waals surface area contributed by atoms with E-state index in [4.69, 9.17) is 4.74 Å². The summed E-state index contributed by atoms with van der Waals surface area (Å²) in [4.78, 5) is 26.6. The summed E-state index contributed by atoms with van der Waals surface area (Å²) in [6, 6.07) is 2.04. The molecule has 1 heterocycles. The third kappa shape index (κ3) is 3.31. The normalized spacial score (nSPS) is 17.0. The number of hydrogen-bond donors (Lipinski definition) is 1. The van der Waals surface area contributed by atoms with Crippen LogP contribution in [-0.2, 0) is 20.7 Å². The molecule has 0 spiro atoms. The number of nitrogens with one attached hydrogen (secondary N) is 1. The molecule has 0 radical (unpaired) electrons. The zero-order valence-electron chi connectivity index (χ0n) is 15.7. The van der Waals surface area contributed by atoms with E-state index in [1.807, 2.05) is 27.7 Å². The smallest absolute Gasteiger partial charge is 0.229 e. The molecule has 24 heavy (non-hydrogen) atoms. The van der Waals surface area contributed by atoms with Crippen LogP contribution >= 0.6 is 0 Å². The maximum absolute atomic E-state index is 12.5. The molecule has 1 aromatic carbocycles. The molecule has 0 aromatic heterocycles. The lowest BCUT2D eigenvalue weighted by molar-refractivity contribution is -0.123. The van der Waals surface area contributed by atoms with Crippen LogP contribution < -0.4 is 10.2 Å². The molecule has 2 amide bonds. The average molecular weight is 332 g/mol. The first kappa shape index (κ1) is 18.5. The summed E-state index contributed by atoms with van der Waals surface area (Å²) in [6.45, 7) is 11.7. The van der Waals surface area contributed by atoms with Gasteiger partial charge in [0.05, 0.1) is 24.0 Å². The van der Waals surface area contributed by atoms with E-state index in [1.165, 1.54) is 0 Å². The number of nitrogens with zero attached hydrogens (tertiary/aromatic N) is 1. The van der Waals surface area contributed by atoms with Crippen LogP contribution in [0.1, 0.15) is 44.4 Å². The van der Waals surface area contributed by atoms with E-state index in [1.54, 1.807) is 18.9 Å². The van der Waals surface area contributed by atoms with Crippen LogP contribution in [0.15, 0.2) is 6.07 Å². The van der Waals surface area contributed by atoms with Crippen LogP contribution in [0.4, 0.5) is 11.4 Å². The molecule has 0 bridgehead atoms. The summed E-state index contributed by atoms with van der Waals surface area (Å²) >= 11 is 0. The van der Waals surface area contributed by atoms with Crippen molar-refractivity contribution in [3.8, 4) is 0 Å². The monoisotopic (exact) mass is 332 g/mol. The van der Waals surface area contributed by atoms with E-state index >= 15 is 0 Å². The van der Waals surface area contributed by atoms with E-state index in [0.29, 0.717) is 6.61 Å². The number of rotatable bonds is 3. The van der Waals surface area contributed by atoms with Crippen LogP contribution in [0.2, 0.25) is 0 Å². The topological polar surface area (TPSA) is 58.6 Å². The molecule has 2 rings (SSSR count). The molecular weight excluding hydrogens is 304 g/mol. The Balaban J connectivity index is 2.58. The minimum absolute atomic E-state index is 0.0340. The van der Waals surface area contributed by atoms with Crippen molar-refractivity contribution >= 4 is 23.2 Å². The van der Waals surface area contributed by atoms with Crippen LogP contribution in [0.3, 0.4) is 0 Å². The Hall–Kier alpha value is -1.88. The molecule has 1 unspecified atom stereocenters. The number of hydrogen-bond acceptors (Lipinski definition) is 3. The van der Waals surface area contributed by atoms with Gasteiger partial charge >= 0.3 is 0 Å². The highest BCUT2D eigenvalue weighted by atomic mass is 16.5. The van der Waals surface area contributed by atoms with E-state index in [9.17, 15) is 9.59 Å². The van der Waals surface area contributed by atoms with E-state index in [0.717, 1.165) is 34.5 Å². The van der Waals surface area contributed by atoms with Gasteiger partial charge in [-0.3, -0.25) is 9.59 Å². The summed E-state index contributed by atoms with van der Waals surface area (Å²) < 4.78 is 5.30. The van der Waals surface area contributed by atoms with Gasteiger partial charge in [-0.25, -0.2) is 0 Å². The van der Waals surface area contributed by atoms with Gasteiger partial charge in [0.15, 0.2) is 0 Å². The number of methoxy groups -OCH3 is 1. The van der Waals surface area contributed by atoms with E-state index in [2.05, 4.69) is 18.3 Å². The summed E-state index contributed by atoms with van der Waals surface area (Å²) in [6.07, 6.45) is 0.743. The Morgan fingerprint density at radius 3 is 2.42 bits per heavy atom. The zero-order chi connectivity index (χ0) is 18.2. The standard InChI is InChI=1S/C19H28N2O3/c1-11-8-12(2)16(20-18(23)19(4,5)6)17-15(11)9-14(10-24-7)21(17)13(3)22/h8,14H,9-10H2,1-7H3,(H,20,23). The van der Waals surface area contributed by atoms with Gasteiger partial charge in [0.2, 0.25) is 11.8 Å². The number of ether oxygens (including phenoxy) is 1. The van der Waals surface area contributed by atoms with Gasteiger partial charge in [-0.15, -0.1) is 0 Å². The fourth-order valence-electron chi connectivity index (χ4n) is 3.24. The maximum atomic E-state index is 12.5. The number of anilines is 2. The Bertz CT molecular complexity index is 674. The van der Waals surface area contributed by atoms with Gasteiger partial charge in [0.1, 0.15) is 0 Å². The molecule has 0 saturated heterocycles. The van der Waals surface area contributed by atoms with E-state index in [-0.39, 0.29) is 17.9 Å². The first-order chi connectivity index (χ1) is 11.1. The van der Waals surface area contributed by atoms with Crippen molar-refractivity contribution in [1.82, 2.24) is 0 Å². The Morgan fingerprint density at radius 1 is 1.29 bits per heavy atom. The Kier molecular flexibility index (Phi) is 5.04. The molecule has 0 fully saturated rings. The molecule has 1 aromatic rings. The molecule has 5 heteroatoms. The summed E-state index contributed by atoms with van der Waals surface area (Å²) in [5, 5.41) is 3.05. The SMILES string of the molecule is COCC1Cc2c(C)cc(C)c(NC(=O)C(C)(C)C)c2N1C(C)=O. The largest absolute Gasteiger partial charge is 0.383 e. The minimum Gasteiger partial charge on any atom is -0.383 e. The second-order valence-electron chi connectivity index (χ2n) is 7.62. The molecule has 132 valence electrons. The molecule has 0 aliphatic carbocycles. The molecule has 1 aliphatic rings. The zero-order valence-corrected chi connectivity index (χ0v) is 15.7. The van der Waals surface area contributed by atoms with Crippen molar-refractivity contribution in [1.29, 1.82) is 0 Å². The molecule has 1 atom stereocenters. The Morgan fingerprint density at radius 2 is 1.92 bits per heavy atom. The lowest BCUT2D eigenvalue weighted by Gasteiger charge is -2.27. The van der Waals surface area contributed by atoms with Gasteiger partial charge in [-0.1, -0.05) is 26.8 Å². The lowest BCUT2D eigenvalue weighted by atomic mass is 9.94. The number of benzene rings is 1. The van der Waals surface area contributed by atoms with Crippen LogP contribution in [0.25, 0.3) is 0 Å². The van der Waals surface area contributed by atoms with Gasteiger partial charge in [0, 0.05) is 19.4 Å². The second-order valence-corrected chi connectivity index (χ2v) is 7.62. The summed E-state index contributed by atoms with van der Waals surface area (Å²) in [7, 11) is 1.64. The van der Waals surface area contributed by atoms with Crippen LogP contribution in [-0.4, -0.2) is 31.6 Å². The highest BCUT2D eigenvalue weighted by Gasteiger charge is 2.37. The number of amides is 2. The van der Waals surface area contributed by atoms with Gasteiger partial charge in [-0.05, 0) is 37.0 Å². The summed E-state index contributed by atoms with van der Waals surface area (Å²) in [5.74, 6) is -0.0950. The van der Waals surface area contributed by atoms with Crippen molar-refractivity contribution in [2.45, 2.75) is 54.0 Å². The predicted octanol–water partition coefficient (Wildman–Crippen LogP) is 3.21. The van der Waals surface area contributed by atoms with Crippen molar-refractivity contribution < 1.29 is 14.3 Å². The second kappa shape index (κ2) is 6.55. The number of carbonyl (C=O) groups is 2. The lowest BCUT2D eigenvalue weighted by Crippen LogP contribution is -2.39. The first-order valence-corrected chi connectivity index (χ1v) is 8.31. The molecule has 1 N–H and O–H groups in total. The van der Waals surface area contributed by atoms with Crippen molar-refractivity contribution in [2.24, 2.45) is 5.41 Å². The molecule has 1 aliphatic heterocycles. The molecule has 5 nitrogen and oxygen atoms in total. The van der Waals surface area contributed by atoms with Gasteiger partial charge < -0.3 is 15.0 Å². The fraction of sp³-hybridized carbons (Fsp3) is 0.579. The minimum atomic E-state index is -0.504. The number of carbonyl (C=O) groups excluding carboxylic acids is 2. The summed E-state index contributed by atoms with van der Waals surface area (Å²) in [5.41, 5.74) is 4.29. The highest BCUT2D eigenvalue weighted by molar-refractivity contribution is 6.05. The third-order valence-corrected chi connectivity index (χ3v) is 4.49. The maximum Gasteiger partial charge on any atom is 0.229 e. The van der Waals surface area contributed by atoms with E-state index < -0.39 is 5.41 Å². The quantitative estimate of drug-likeness (QED) is 0.924. The fourth-order valence-corrected chi connectivity index (χ4v) is 3.24. The average Bonchev–Trinajstić information content (AvgIpc) is 2.82. The number of fused-ring (bicyclic) bond motifs is 1. The predicted molar refractivity (Wildman–Crippen MR) is 96.5 cm³/mol. The first-order valence-electron chi connectivity index (χ1n) is 8.31. The van der Waals surface area contributed by atoms with Crippen molar-refractivity contribution in [2.75, 3.05) is 23.9 Å². The van der Waals surface area contributed by atoms with Crippen molar-refractivity contribution in [3.05, 3.63) is 22.8 Å². The molecule has 0 saturated carbocycles. The van der Waals surface area contributed by atoms with Crippen LogP contribution in [0.5, 0.6) is 0 Å². The van der Waals surface area contributed by atoms with Gasteiger partial charge in [-0.2, -0.15) is 0 Å². The Labute approximate surface area is 144 Å². The third-order valence-electron chi connectivity index (χ3n) is 4.49. The highest BCUT2D eigenvalue weighted by Crippen LogP contribution is 2.43. The van der Waals surface area contributed by atoms with Crippen LogP contribution in [0, 0.1) is 19.3 Å². The van der Waals surface area contributed by atoms with Gasteiger partial charge in [0.25, 0.3) is 0 Å². The van der Waals surface area contributed by atoms with Crippen molar-refractivity contribution in [3.63, 3.8) is 0 Å².